The highest BCUT2D eigenvalue weighted by Gasteiger charge is 2.35. The van der Waals surface area contributed by atoms with Crippen LogP contribution in [-0.2, 0) is 0 Å². The normalized spacial score (nSPS) is 19.4. The Morgan fingerprint density at radius 2 is 2.24 bits per heavy atom. The number of pyridine rings is 1. The number of carbonyl (C=O) groups is 1. The van der Waals surface area contributed by atoms with Gasteiger partial charge >= 0.3 is 0 Å². The Morgan fingerprint density at radius 1 is 1.48 bits per heavy atom. The van der Waals surface area contributed by atoms with Crippen molar-refractivity contribution in [3.63, 3.8) is 0 Å². The Bertz CT molecular complexity index is 686. The summed E-state index contributed by atoms with van der Waals surface area (Å²) in [7, 11) is 0. The SMILES string of the molecule is CC(C)(C)C1CCN(C(=O)c2sc3cnccc3c2N)C1. The second-order valence-electron chi connectivity index (χ2n) is 6.82. The first-order valence-electron chi connectivity index (χ1n) is 7.29. The van der Waals surface area contributed by atoms with Gasteiger partial charge in [0.05, 0.1) is 10.4 Å². The van der Waals surface area contributed by atoms with Gasteiger partial charge < -0.3 is 10.6 Å². The molecule has 3 rings (SSSR count). The number of hydrogen-bond donors (Lipinski definition) is 1. The number of carbonyl (C=O) groups excluding carboxylic acids is 1. The molecule has 0 saturated carbocycles. The molecule has 112 valence electrons. The lowest BCUT2D eigenvalue weighted by Gasteiger charge is -2.26. The number of anilines is 1. The van der Waals surface area contributed by atoms with Gasteiger partial charge in [-0.15, -0.1) is 11.3 Å². The van der Waals surface area contributed by atoms with Crippen LogP contribution >= 0.6 is 11.3 Å². The molecule has 1 aliphatic heterocycles. The Hall–Kier alpha value is -1.62. The molecule has 0 aromatic carbocycles. The summed E-state index contributed by atoms with van der Waals surface area (Å²) >= 11 is 1.45. The molecule has 1 aliphatic rings. The average molecular weight is 303 g/mol. The van der Waals surface area contributed by atoms with Crippen molar-refractivity contribution < 1.29 is 4.79 Å². The van der Waals surface area contributed by atoms with E-state index in [2.05, 4.69) is 25.8 Å². The van der Waals surface area contributed by atoms with E-state index in [4.69, 9.17) is 5.73 Å². The van der Waals surface area contributed by atoms with Crippen LogP contribution in [0.4, 0.5) is 5.69 Å². The summed E-state index contributed by atoms with van der Waals surface area (Å²) in [5.41, 5.74) is 7.00. The quantitative estimate of drug-likeness (QED) is 0.878. The van der Waals surface area contributed by atoms with Gasteiger partial charge in [-0.2, -0.15) is 0 Å². The summed E-state index contributed by atoms with van der Waals surface area (Å²) in [6.45, 7) is 8.38. The van der Waals surface area contributed by atoms with E-state index in [0.29, 0.717) is 16.5 Å². The molecule has 3 heterocycles. The predicted molar refractivity (Wildman–Crippen MR) is 87.5 cm³/mol. The van der Waals surface area contributed by atoms with Crippen molar-refractivity contribution in [3.8, 4) is 0 Å². The van der Waals surface area contributed by atoms with Crippen LogP contribution in [0.5, 0.6) is 0 Å². The monoisotopic (exact) mass is 303 g/mol. The summed E-state index contributed by atoms with van der Waals surface area (Å²) < 4.78 is 0.977. The largest absolute Gasteiger partial charge is 0.397 e. The molecular formula is C16H21N3OS. The van der Waals surface area contributed by atoms with Crippen LogP contribution in [-0.4, -0.2) is 28.9 Å². The molecule has 0 aliphatic carbocycles. The molecule has 1 amide bonds. The van der Waals surface area contributed by atoms with Crippen LogP contribution in [0.3, 0.4) is 0 Å². The fourth-order valence-corrected chi connectivity index (χ4v) is 3.98. The van der Waals surface area contributed by atoms with E-state index in [1.807, 2.05) is 11.0 Å². The van der Waals surface area contributed by atoms with Crippen molar-refractivity contribution in [1.82, 2.24) is 9.88 Å². The molecule has 1 unspecified atom stereocenters. The van der Waals surface area contributed by atoms with Gasteiger partial charge in [0.1, 0.15) is 4.88 Å². The number of amides is 1. The van der Waals surface area contributed by atoms with E-state index in [0.717, 1.165) is 29.6 Å². The van der Waals surface area contributed by atoms with Gasteiger partial charge in [-0.25, -0.2) is 0 Å². The van der Waals surface area contributed by atoms with E-state index in [1.165, 1.54) is 11.3 Å². The third kappa shape index (κ3) is 2.50. The van der Waals surface area contributed by atoms with Crippen molar-refractivity contribution in [1.29, 1.82) is 0 Å². The number of hydrogen-bond acceptors (Lipinski definition) is 4. The summed E-state index contributed by atoms with van der Waals surface area (Å²) in [6.07, 6.45) is 4.56. The summed E-state index contributed by atoms with van der Waals surface area (Å²) in [5.74, 6) is 0.624. The third-order valence-corrected chi connectivity index (χ3v) is 5.57. The summed E-state index contributed by atoms with van der Waals surface area (Å²) in [4.78, 5) is 19.5. The van der Waals surface area contributed by atoms with E-state index >= 15 is 0 Å². The summed E-state index contributed by atoms with van der Waals surface area (Å²) in [6, 6.07) is 1.87. The second-order valence-corrected chi connectivity index (χ2v) is 7.87. The first-order valence-corrected chi connectivity index (χ1v) is 8.11. The van der Waals surface area contributed by atoms with Crippen LogP contribution < -0.4 is 5.73 Å². The van der Waals surface area contributed by atoms with Crippen molar-refractivity contribution in [2.24, 2.45) is 11.3 Å². The van der Waals surface area contributed by atoms with Crippen molar-refractivity contribution >= 4 is 33.0 Å². The van der Waals surface area contributed by atoms with Gasteiger partial charge in [-0.05, 0) is 23.8 Å². The van der Waals surface area contributed by atoms with Crippen molar-refractivity contribution in [2.75, 3.05) is 18.8 Å². The topological polar surface area (TPSA) is 59.2 Å². The molecule has 4 nitrogen and oxygen atoms in total. The minimum Gasteiger partial charge on any atom is -0.397 e. The maximum atomic E-state index is 12.7. The minimum absolute atomic E-state index is 0.0699. The Labute approximate surface area is 129 Å². The van der Waals surface area contributed by atoms with Crippen molar-refractivity contribution in [2.45, 2.75) is 27.2 Å². The zero-order chi connectivity index (χ0) is 15.2. The standard InChI is InChI=1S/C16H21N3OS/c1-16(2,3)10-5-7-19(9-10)15(20)14-13(17)11-4-6-18-8-12(11)21-14/h4,6,8,10H,5,7,9,17H2,1-3H3. The van der Waals surface area contributed by atoms with Gasteiger partial charge in [0.25, 0.3) is 5.91 Å². The molecule has 0 radical (unpaired) electrons. The first-order chi connectivity index (χ1) is 9.88. The van der Waals surface area contributed by atoms with Crippen LogP contribution in [0.1, 0.15) is 36.9 Å². The predicted octanol–water partition coefficient (Wildman–Crippen LogP) is 3.39. The van der Waals surface area contributed by atoms with E-state index < -0.39 is 0 Å². The zero-order valence-corrected chi connectivity index (χ0v) is 13.5. The summed E-state index contributed by atoms with van der Waals surface area (Å²) in [5, 5.41) is 0.935. The highest BCUT2D eigenvalue weighted by molar-refractivity contribution is 7.21. The lowest BCUT2D eigenvalue weighted by molar-refractivity contribution is 0.0782. The van der Waals surface area contributed by atoms with Crippen molar-refractivity contribution in [3.05, 3.63) is 23.3 Å². The third-order valence-electron chi connectivity index (χ3n) is 4.43. The smallest absolute Gasteiger partial charge is 0.266 e. The highest BCUT2D eigenvalue weighted by atomic mass is 32.1. The molecule has 0 bridgehead atoms. The van der Waals surface area contributed by atoms with Gasteiger partial charge in [0, 0.05) is 30.9 Å². The Balaban J connectivity index is 1.87. The van der Waals surface area contributed by atoms with Gasteiger partial charge in [-0.1, -0.05) is 20.8 Å². The fourth-order valence-electron chi connectivity index (χ4n) is 2.93. The van der Waals surface area contributed by atoms with E-state index in [-0.39, 0.29) is 11.3 Å². The molecule has 5 heteroatoms. The molecule has 2 aromatic heterocycles. The number of rotatable bonds is 1. The number of aromatic nitrogens is 1. The molecule has 1 atom stereocenters. The Morgan fingerprint density at radius 3 is 2.86 bits per heavy atom. The molecule has 0 spiro atoms. The maximum Gasteiger partial charge on any atom is 0.266 e. The van der Waals surface area contributed by atoms with Crippen LogP contribution in [0.2, 0.25) is 0 Å². The molecule has 1 saturated heterocycles. The van der Waals surface area contributed by atoms with Gasteiger partial charge in [-0.3, -0.25) is 9.78 Å². The highest BCUT2D eigenvalue weighted by Crippen LogP contribution is 2.37. The number of nitrogens with two attached hydrogens (primary N) is 1. The number of nitrogens with zero attached hydrogens (tertiary/aromatic N) is 2. The number of nitrogen functional groups attached to an aromatic ring is 1. The lowest BCUT2D eigenvalue weighted by Crippen LogP contribution is -2.31. The van der Waals surface area contributed by atoms with Gasteiger partial charge in [0.2, 0.25) is 0 Å². The van der Waals surface area contributed by atoms with Crippen LogP contribution in [0, 0.1) is 11.3 Å². The number of fused-ring (bicyclic) bond motifs is 1. The zero-order valence-electron chi connectivity index (χ0n) is 12.7. The lowest BCUT2D eigenvalue weighted by atomic mass is 9.80. The maximum absolute atomic E-state index is 12.7. The van der Waals surface area contributed by atoms with E-state index in [1.54, 1.807) is 12.4 Å². The average Bonchev–Trinajstić information content (AvgIpc) is 3.04. The molecule has 2 N–H and O–H groups in total. The second kappa shape index (κ2) is 4.98. The first kappa shape index (κ1) is 14.3. The molecule has 21 heavy (non-hydrogen) atoms. The molecule has 1 fully saturated rings. The fraction of sp³-hybridized carbons (Fsp3) is 0.500. The van der Waals surface area contributed by atoms with Gasteiger partial charge in [0.15, 0.2) is 0 Å². The van der Waals surface area contributed by atoms with Crippen LogP contribution in [0.15, 0.2) is 18.5 Å². The van der Waals surface area contributed by atoms with Crippen LogP contribution in [0.25, 0.3) is 10.1 Å². The Kier molecular flexibility index (Phi) is 3.40. The molecular weight excluding hydrogens is 282 g/mol. The molecule has 2 aromatic rings. The number of likely N-dealkylation sites (tertiary alicyclic amines) is 1. The number of thiophene rings is 1. The minimum atomic E-state index is 0.0699. The van der Waals surface area contributed by atoms with E-state index in [9.17, 15) is 4.79 Å².